The highest BCUT2D eigenvalue weighted by atomic mass is 32.2. The lowest BCUT2D eigenvalue weighted by Gasteiger charge is -2.34. The van der Waals surface area contributed by atoms with Crippen molar-refractivity contribution in [3.63, 3.8) is 0 Å². The molecule has 1 aliphatic heterocycles. The second-order valence-corrected chi connectivity index (χ2v) is 9.67. The van der Waals surface area contributed by atoms with Gasteiger partial charge in [0.2, 0.25) is 15.9 Å². The summed E-state index contributed by atoms with van der Waals surface area (Å²) in [6.45, 7) is 6.70. The van der Waals surface area contributed by atoms with Gasteiger partial charge in [-0.15, -0.1) is 0 Å². The Morgan fingerprint density at radius 2 is 1.47 bits per heavy atom. The lowest BCUT2D eigenvalue weighted by molar-refractivity contribution is -0.118. The average molecular weight is 430 g/mol. The first-order valence-corrected chi connectivity index (χ1v) is 11.4. The van der Waals surface area contributed by atoms with Crippen LogP contribution in [0.15, 0.2) is 53.4 Å². The van der Waals surface area contributed by atoms with Crippen LogP contribution in [0, 0.1) is 12.8 Å². The van der Waals surface area contributed by atoms with E-state index in [4.69, 9.17) is 0 Å². The van der Waals surface area contributed by atoms with E-state index in [1.807, 2.05) is 20.8 Å². The van der Waals surface area contributed by atoms with Gasteiger partial charge in [0.1, 0.15) is 0 Å². The van der Waals surface area contributed by atoms with Gasteiger partial charge >= 0.3 is 0 Å². The summed E-state index contributed by atoms with van der Waals surface area (Å²) in [6, 6.07) is 13.5. The first-order chi connectivity index (χ1) is 14.2. The molecule has 3 rings (SSSR count). The fourth-order valence-corrected chi connectivity index (χ4v) is 4.58. The van der Waals surface area contributed by atoms with Crippen LogP contribution in [0.25, 0.3) is 0 Å². The van der Waals surface area contributed by atoms with E-state index < -0.39 is 10.0 Å². The number of nitrogens with zero attached hydrogens (tertiary/aromatic N) is 2. The number of aryl methyl sites for hydroxylation is 1. The summed E-state index contributed by atoms with van der Waals surface area (Å²) < 4.78 is 27.0. The summed E-state index contributed by atoms with van der Waals surface area (Å²) >= 11 is 0. The number of hydrogen-bond donors (Lipinski definition) is 1. The Bertz CT molecular complexity index is 1010. The molecule has 160 valence electrons. The molecule has 30 heavy (non-hydrogen) atoms. The molecule has 0 radical (unpaired) electrons. The van der Waals surface area contributed by atoms with Crippen molar-refractivity contribution in [1.82, 2.24) is 9.21 Å². The minimum absolute atomic E-state index is 0.0833. The molecule has 0 aliphatic carbocycles. The number of carbonyl (C=O) groups excluding carboxylic acids is 2. The summed E-state index contributed by atoms with van der Waals surface area (Å²) in [6.07, 6.45) is 0. The SMILES string of the molecule is Cc1ccc(S(=O)(=O)N2CCN(C(=O)c3ccc(NC(=O)C(C)C)cc3)CC2)cc1. The molecule has 0 saturated carbocycles. The number of hydrogen-bond acceptors (Lipinski definition) is 4. The summed E-state index contributed by atoms with van der Waals surface area (Å²) in [5.74, 6) is -0.358. The third-order valence-corrected chi connectivity index (χ3v) is 7.02. The predicted molar refractivity (Wildman–Crippen MR) is 116 cm³/mol. The molecule has 0 bridgehead atoms. The van der Waals surface area contributed by atoms with Crippen LogP contribution in [0.4, 0.5) is 5.69 Å². The number of benzene rings is 2. The average Bonchev–Trinajstić information content (AvgIpc) is 2.74. The first kappa shape index (κ1) is 22.0. The largest absolute Gasteiger partial charge is 0.336 e. The molecule has 8 heteroatoms. The molecule has 1 aliphatic rings. The number of piperazine rings is 1. The number of nitrogens with one attached hydrogen (secondary N) is 1. The summed E-state index contributed by atoms with van der Waals surface area (Å²) in [5, 5.41) is 2.79. The van der Waals surface area contributed by atoms with Crippen LogP contribution in [-0.4, -0.2) is 55.6 Å². The van der Waals surface area contributed by atoms with Crippen LogP contribution >= 0.6 is 0 Å². The van der Waals surface area contributed by atoms with Crippen molar-refractivity contribution in [2.75, 3.05) is 31.5 Å². The van der Waals surface area contributed by atoms with Gasteiger partial charge in [-0.2, -0.15) is 4.31 Å². The lowest BCUT2D eigenvalue weighted by Crippen LogP contribution is -2.50. The van der Waals surface area contributed by atoms with E-state index in [2.05, 4.69) is 5.32 Å². The molecule has 1 N–H and O–H groups in total. The molecular formula is C22H27N3O4S. The molecule has 2 aromatic carbocycles. The molecule has 7 nitrogen and oxygen atoms in total. The predicted octanol–water partition coefficient (Wildman–Crippen LogP) is 2.74. The standard InChI is InChI=1S/C22H27N3O4S/c1-16(2)21(26)23-19-8-6-18(7-9-19)22(27)24-12-14-25(15-13-24)30(28,29)20-10-4-17(3)5-11-20/h4-11,16H,12-15H2,1-3H3,(H,23,26). The molecule has 1 fully saturated rings. The number of sulfonamides is 1. The molecule has 2 aromatic rings. The van der Waals surface area contributed by atoms with Gasteiger partial charge in [-0.25, -0.2) is 8.42 Å². The molecule has 2 amide bonds. The third kappa shape index (κ3) is 4.88. The van der Waals surface area contributed by atoms with Crippen molar-refractivity contribution in [2.45, 2.75) is 25.7 Å². The van der Waals surface area contributed by atoms with Crippen LogP contribution in [-0.2, 0) is 14.8 Å². The highest BCUT2D eigenvalue weighted by Gasteiger charge is 2.30. The smallest absolute Gasteiger partial charge is 0.253 e. The van der Waals surface area contributed by atoms with E-state index in [1.54, 1.807) is 53.4 Å². The Balaban J connectivity index is 1.61. The zero-order valence-corrected chi connectivity index (χ0v) is 18.3. The Morgan fingerprint density at radius 3 is 2.00 bits per heavy atom. The maximum absolute atomic E-state index is 12.8. The van der Waals surface area contributed by atoms with Crippen molar-refractivity contribution in [3.05, 3.63) is 59.7 Å². The van der Waals surface area contributed by atoms with Crippen LogP contribution in [0.5, 0.6) is 0 Å². The van der Waals surface area contributed by atoms with E-state index in [1.165, 1.54) is 4.31 Å². The molecule has 1 saturated heterocycles. The number of rotatable bonds is 5. The van der Waals surface area contributed by atoms with E-state index in [0.29, 0.717) is 24.3 Å². The Labute approximate surface area is 177 Å². The van der Waals surface area contributed by atoms with E-state index in [0.717, 1.165) is 5.56 Å². The fraction of sp³-hybridized carbons (Fsp3) is 0.364. The quantitative estimate of drug-likeness (QED) is 0.792. The molecular weight excluding hydrogens is 402 g/mol. The zero-order chi connectivity index (χ0) is 21.9. The summed E-state index contributed by atoms with van der Waals surface area (Å²) in [5.41, 5.74) is 2.14. The van der Waals surface area contributed by atoms with Crippen LogP contribution in [0.1, 0.15) is 29.8 Å². The van der Waals surface area contributed by atoms with Gasteiger partial charge in [0, 0.05) is 43.3 Å². The molecule has 0 atom stereocenters. The van der Waals surface area contributed by atoms with Gasteiger partial charge < -0.3 is 10.2 Å². The van der Waals surface area contributed by atoms with Gasteiger partial charge in [-0.05, 0) is 43.3 Å². The minimum atomic E-state index is -3.56. The van der Waals surface area contributed by atoms with E-state index in [-0.39, 0.29) is 35.7 Å². The molecule has 0 aromatic heterocycles. The van der Waals surface area contributed by atoms with Gasteiger partial charge in [-0.1, -0.05) is 31.5 Å². The number of anilines is 1. The van der Waals surface area contributed by atoms with Crippen LogP contribution < -0.4 is 5.32 Å². The topological polar surface area (TPSA) is 86.8 Å². The lowest BCUT2D eigenvalue weighted by atomic mass is 10.1. The zero-order valence-electron chi connectivity index (χ0n) is 17.5. The first-order valence-electron chi connectivity index (χ1n) is 9.95. The molecule has 0 spiro atoms. The third-order valence-electron chi connectivity index (χ3n) is 5.11. The highest BCUT2D eigenvalue weighted by Crippen LogP contribution is 2.19. The fourth-order valence-electron chi connectivity index (χ4n) is 3.16. The van der Waals surface area contributed by atoms with Crippen molar-refractivity contribution >= 4 is 27.5 Å². The second kappa shape index (κ2) is 8.97. The second-order valence-electron chi connectivity index (χ2n) is 7.73. The van der Waals surface area contributed by atoms with Crippen molar-refractivity contribution in [2.24, 2.45) is 5.92 Å². The summed E-state index contributed by atoms with van der Waals surface area (Å²) in [4.78, 5) is 26.5. The van der Waals surface area contributed by atoms with Crippen LogP contribution in [0.2, 0.25) is 0 Å². The van der Waals surface area contributed by atoms with E-state index in [9.17, 15) is 18.0 Å². The van der Waals surface area contributed by atoms with Gasteiger partial charge in [0.15, 0.2) is 0 Å². The maximum atomic E-state index is 12.8. The molecule has 0 unspecified atom stereocenters. The van der Waals surface area contributed by atoms with Crippen molar-refractivity contribution in [3.8, 4) is 0 Å². The van der Waals surface area contributed by atoms with Gasteiger partial charge in [0.05, 0.1) is 4.90 Å². The summed E-state index contributed by atoms with van der Waals surface area (Å²) in [7, 11) is -3.56. The number of carbonyl (C=O) groups is 2. The van der Waals surface area contributed by atoms with Crippen LogP contribution in [0.3, 0.4) is 0 Å². The van der Waals surface area contributed by atoms with E-state index >= 15 is 0 Å². The van der Waals surface area contributed by atoms with Gasteiger partial charge in [-0.3, -0.25) is 9.59 Å². The normalized spacial score (nSPS) is 15.3. The monoisotopic (exact) mass is 429 g/mol. The number of amides is 2. The Hall–Kier alpha value is -2.71. The van der Waals surface area contributed by atoms with Crippen molar-refractivity contribution < 1.29 is 18.0 Å². The minimum Gasteiger partial charge on any atom is -0.336 e. The Morgan fingerprint density at radius 1 is 0.900 bits per heavy atom. The van der Waals surface area contributed by atoms with Crippen molar-refractivity contribution in [1.29, 1.82) is 0 Å². The highest BCUT2D eigenvalue weighted by molar-refractivity contribution is 7.89. The molecule has 1 heterocycles. The van der Waals surface area contributed by atoms with Gasteiger partial charge in [0.25, 0.3) is 5.91 Å². The Kier molecular flexibility index (Phi) is 6.58. The maximum Gasteiger partial charge on any atom is 0.253 e.